The van der Waals surface area contributed by atoms with Gasteiger partial charge in [-0.2, -0.15) is 5.10 Å². The molecule has 0 spiro atoms. The van der Waals surface area contributed by atoms with Crippen molar-refractivity contribution in [1.82, 2.24) is 15.1 Å². The first-order valence-electron chi connectivity index (χ1n) is 11.1. The van der Waals surface area contributed by atoms with E-state index in [0.29, 0.717) is 40.9 Å². The van der Waals surface area contributed by atoms with Crippen LogP contribution in [-0.4, -0.2) is 21.6 Å². The lowest BCUT2D eigenvalue weighted by Crippen LogP contribution is -2.25. The molecule has 0 atom stereocenters. The highest BCUT2D eigenvalue weighted by Gasteiger charge is 2.19. The summed E-state index contributed by atoms with van der Waals surface area (Å²) in [5, 5.41) is 10.4. The van der Waals surface area contributed by atoms with E-state index in [-0.39, 0.29) is 18.1 Å². The average Bonchev–Trinajstić information content (AvgIpc) is 3.53. The van der Waals surface area contributed by atoms with Crippen LogP contribution < -0.4 is 15.4 Å². The third kappa shape index (κ3) is 6.10. The number of hydrogen-bond acceptors (Lipinski definition) is 5. The summed E-state index contributed by atoms with van der Waals surface area (Å²) in [6.45, 7) is 4.95. The monoisotopic (exact) mass is 492 g/mol. The van der Waals surface area contributed by atoms with Gasteiger partial charge in [0.1, 0.15) is 18.1 Å². The third-order valence-corrected chi connectivity index (χ3v) is 5.56. The normalized spacial score (nSPS) is 10.7. The number of ether oxygens (including phenoxy) is 1. The van der Waals surface area contributed by atoms with Crippen LogP contribution in [0.5, 0.6) is 5.75 Å². The molecule has 2 aromatic heterocycles. The first kappa shape index (κ1) is 24.1. The molecule has 0 unspecified atom stereocenters. The Labute approximate surface area is 207 Å². The predicted octanol–water partition coefficient (Wildman–Crippen LogP) is 5.22. The second-order valence-corrected chi connectivity index (χ2v) is 8.29. The topological polar surface area (TPSA) is 98.4 Å². The quantitative estimate of drug-likeness (QED) is 0.334. The van der Waals surface area contributed by atoms with E-state index in [0.717, 1.165) is 11.1 Å². The van der Waals surface area contributed by atoms with E-state index in [4.69, 9.17) is 20.8 Å². The first-order valence-corrected chi connectivity index (χ1v) is 11.5. The van der Waals surface area contributed by atoms with Gasteiger partial charge >= 0.3 is 0 Å². The number of halogens is 1. The van der Waals surface area contributed by atoms with Gasteiger partial charge in [-0.05, 0) is 61.4 Å². The molecule has 180 valence electrons. The molecule has 2 heterocycles. The fraction of sp³-hybridized carbons (Fsp3) is 0.192. The Balaban J connectivity index is 1.40. The molecule has 2 aromatic carbocycles. The highest BCUT2D eigenvalue weighted by Crippen LogP contribution is 2.26. The Kier molecular flexibility index (Phi) is 7.52. The fourth-order valence-corrected chi connectivity index (χ4v) is 3.51. The second-order valence-electron chi connectivity index (χ2n) is 7.88. The molecular formula is C26H25ClN4O4. The van der Waals surface area contributed by atoms with E-state index in [1.165, 1.54) is 6.26 Å². The zero-order valence-electron chi connectivity index (χ0n) is 19.4. The van der Waals surface area contributed by atoms with Crippen LogP contribution in [0.2, 0.25) is 5.02 Å². The number of carbonyl (C=O) groups excluding carboxylic acids is 2. The summed E-state index contributed by atoms with van der Waals surface area (Å²) in [6.07, 6.45) is 3.17. The lowest BCUT2D eigenvalue weighted by Gasteiger charge is -2.10. The summed E-state index contributed by atoms with van der Waals surface area (Å²) in [5.41, 5.74) is 2.84. The highest BCUT2D eigenvalue weighted by atomic mass is 35.5. The number of hydrogen-bond donors (Lipinski definition) is 2. The minimum Gasteiger partial charge on any atom is -0.487 e. The van der Waals surface area contributed by atoms with Crippen LogP contribution in [0.25, 0.3) is 0 Å². The molecule has 0 aliphatic heterocycles. The highest BCUT2D eigenvalue weighted by molar-refractivity contribution is 6.32. The molecule has 0 fully saturated rings. The van der Waals surface area contributed by atoms with Crippen LogP contribution >= 0.6 is 11.6 Å². The van der Waals surface area contributed by atoms with Crippen molar-refractivity contribution in [1.29, 1.82) is 0 Å². The molecule has 0 aliphatic carbocycles. The van der Waals surface area contributed by atoms with E-state index < -0.39 is 5.91 Å². The summed E-state index contributed by atoms with van der Waals surface area (Å²) in [6, 6.07) is 16.1. The Morgan fingerprint density at radius 1 is 1.11 bits per heavy atom. The molecule has 2 amide bonds. The van der Waals surface area contributed by atoms with Crippen molar-refractivity contribution >= 4 is 29.1 Å². The molecule has 35 heavy (non-hydrogen) atoms. The summed E-state index contributed by atoms with van der Waals surface area (Å²) in [5.74, 6) is 0.466. The van der Waals surface area contributed by atoms with Gasteiger partial charge < -0.3 is 19.8 Å². The number of anilines is 1. The van der Waals surface area contributed by atoms with Crippen LogP contribution in [0.3, 0.4) is 0 Å². The van der Waals surface area contributed by atoms with E-state index in [1.807, 2.05) is 38.1 Å². The van der Waals surface area contributed by atoms with E-state index in [2.05, 4.69) is 15.7 Å². The zero-order chi connectivity index (χ0) is 24.8. The van der Waals surface area contributed by atoms with Gasteiger partial charge in [-0.25, -0.2) is 0 Å². The minimum atomic E-state index is -0.411. The number of furan rings is 1. The maximum atomic E-state index is 12.9. The number of benzene rings is 2. The maximum Gasteiger partial charge on any atom is 0.274 e. The summed E-state index contributed by atoms with van der Waals surface area (Å²) < 4.78 is 12.6. The molecule has 0 aliphatic rings. The van der Waals surface area contributed by atoms with Crippen molar-refractivity contribution in [2.45, 2.75) is 33.5 Å². The van der Waals surface area contributed by atoms with E-state index in [9.17, 15) is 9.59 Å². The van der Waals surface area contributed by atoms with Gasteiger partial charge in [-0.15, -0.1) is 0 Å². The number of nitrogens with zero attached hydrogens (tertiary/aromatic N) is 2. The van der Waals surface area contributed by atoms with Gasteiger partial charge in [0.15, 0.2) is 5.69 Å². The van der Waals surface area contributed by atoms with Crippen molar-refractivity contribution in [3.8, 4) is 5.75 Å². The Hall–Kier alpha value is -4.04. The molecule has 9 heteroatoms. The van der Waals surface area contributed by atoms with Crippen molar-refractivity contribution < 1.29 is 18.7 Å². The fourth-order valence-electron chi connectivity index (χ4n) is 3.34. The van der Waals surface area contributed by atoms with Crippen LogP contribution in [0.1, 0.15) is 44.7 Å². The summed E-state index contributed by atoms with van der Waals surface area (Å²) in [7, 11) is 0. The van der Waals surface area contributed by atoms with Crippen LogP contribution in [0, 0.1) is 6.92 Å². The number of aryl methyl sites for hydroxylation is 2. The van der Waals surface area contributed by atoms with Crippen LogP contribution in [0.15, 0.2) is 71.5 Å². The largest absolute Gasteiger partial charge is 0.487 e. The molecule has 0 saturated heterocycles. The predicted molar refractivity (Wildman–Crippen MR) is 133 cm³/mol. The molecule has 2 N–H and O–H groups in total. The second kappa shape index (κ2) is 10.9. The lowest BCUT2D eigenvalue weighted by molar-refractivity contribution is 0.0943. The van der Waals surface area contributed by atoms with Gasteiger partial charge in [0, 0.05) is 18.3 Å². The molecule has 8 nitrogen and oxygen atoms in total. The number of carbonyl (C=O) groups is 2. The van der Waals surface area contributed by atoms with Gasteiger partial charge in [0.05, 0.1) is 23.5 Å². The Morgan fingerprint density at radius 3 is 2.63 bits per heavy atom. The Morgan fingerprint density at radius 2 is 1.91 bits per heavy atom. The summed E-state index contributed by atoms with van der Waals surface area (Å²) in [4.78, 5) is 25.5. The molecule has 0 radical (unpaired) electrons. The van der Waals surface area contributed by atoms with Gasteiger partial charge in [-0.1, -0.05) is 29.8 Å². The molecule has 0 bridgehead atoms. The number of rotatable bonds is 9. The third-order valence-electron chi connectivity index (χ3n) is 5.25. The minimum absolute atomic E-state index is 0.131. The zero-order valence-corrected chi connectivity index (χ0v) is 20.1. The summed E-state index contributed by atoms with van der Waals surface area (Å²) >= 11 is 6.18. The molecular weight excluding hydrogens is 468 g/mol. The smallest absolute Gasteiger partial charge is 0.274 e. The molecule has 0 saturated carbocycles. The first-order chi connectivity index (χ1) is 16.9. The van der Waals surface area contributed by atoms with E-state index in [1.54, 1.807) is 41.2 Å². The van der Waals surface area contributed by atoms with Gasteiger partial charge in [-0.3, -0.25) is 14.3 Å². The molecule has 4 rings (SSSR count). The standard InChI is InChI=1S/C26H25ClN4O4/c1-3-31-15-22(24(30-31)26(33)28-14-20-5-4-12-34-20)29-25(32)19-9-7-18(8-10-19)16-35-23-13-17(2)6-11-21(23)27/h4-13,15H,3,14,16H2,1-2H3,(H,28,33)(H,29,32). The maximum absolute atomic E-state index is 12.9. The van der Waals surface area contributed by atoms with Crippen molar-refractivity contribution in [2.75, 3.05) is 5.32 Å². The van der Waals surface area contributed by atoms with Crippen LogP contribution in [0.4, 0.5) is 5.69 Å². The molecule has 4 aromatic rings. The van der Waals surface area contributed by atoms with E-state index >= 15 is 0 Å². The van der Waals surface area contributed by atoms with Crippen molar-refractivity contribution in [2.24, 2.45) is 0 Å². The van der Waals surface area contributed by atoms with Crippen molar-refractivity contribution in [3.05, 3.63) is 100 Å². The van der Waals surface area contributed by atoms with Gasteiger partial charge in [0.25, 0.3) is 11.8 Å². The SMILES string of the molecule is CCn1cc(NC(=O)c2ccc(COc3cc(C)ccc3Cl)cc2)c(C(=O)NCc2ccco2)n1. The average molecular weight is 493 g/mol. The van der Waals surface area contributed by atoms with Crippen LogP contribution in [-0.2, 0) is 19.7 Å². The number of aromatic nitrogens is 2. The van der Waals surface area contributed by atoms with Gasteiger partial charge in [0.2, 0.25) is 0 Å². The Bertz CT molecular complexity index is 1310. The number of nitrogens with one attached hydrogen (secondary N) is 2. The lowest BCUT2D eigenvalue weighted by atomic mass is 10.1. The van der Waals surface area contributed by atoms with Crippen molar-refractivity contribution in [3.63, 3.8) is 0 Å². The number of amides is 2.